The third kappa shape index (κ3) is 4.26. The highest BCUT2D eigenvalue weighted by atomic mass is 35.5. The van der Waals surface area contributed by atoms with Gasteiger partial charge in [0.15, 0.2) is 9.84 Å². The average Bonchev–Trinajstić information content (AvgIpc) is 3.21. The zero-order valence-corrected chi connectivity index (χ0v) is 19.2. The van der Waals surface area contributed by atoms with E-state index in [1.54, 1.807) is 20.9 Å². The van der Waals surface area contributed by atoms with Crippen LogP contribution in [0.15, 0.2) is 29.4 Å². The number of benzene rings is 1. The van der Waals surface area contributed by atoms with Gasteiger partial charge < -0.3 is 4.74 Å². The lowest BCUT2D eigenvalue weighted by Gasteiger charge is -2.12. The smallest absolute Gasteiger partial charge is 0.348 e. The fourth-order valence-corrected chi connectivity index (χ4v) is 4.70. The van der Waals surface area contributed by atoms with E-state index in [1.165, 1.54) is 40.9 Å². The van der Waals surface area contributed by atoms with Crippen molar-refractivity contribution in [3.63, 3.8) is 0 Å². The molecule has 2 heterocycles. The van der Waals surface area contributed by atoms with Gasteiger partial charge in [0, 0.05) is 32.1 Å². The fraction of sp³-hybridized carbons (Fsp3) is 0.300. The van der Waals surface area contributed by atoms with Crippen LogP contribution in [-0.4, -0.2) is 46.0 Å². The van der Waals surface area contributed by atoms with Crippen molar-refractivity contribution in [1.82, 2.24) is 19.6 Å². The number of ether oxygens (including phenoxy) is 1. The molecule has 0 unspecified atom stereocenters. The van der Waals surface area contributed by atoms with E-state index in [0.717, 1.165) is 6.26 Å². The normalized spacial score (nSPS) is 11.5. The summed E-state index contributed by atoms with van der Waals surface area (Å²) in [5.74, 6) is -1.28. The Labute approximate surface area is 184 Å². The van der Waals surface area contributed by atoms with Crippen LogP contribution in [-0.2, 0) is 30.4 Å². The van der Waals surface area contributed by atoms with Crippen molar-refractivity contribution in [2.45, 2.75) is 25.2 Å². The molecule has 0 fully saturated rings. The molecule has 3 rings (SSSR count). The van der Waals surface area contributed by atoms with Crippen LogP contribution in [0, 0.1) is 6.92 Å². The minimum atomic E-state index is -3.52. The zero-order valence-electron chi connectivity index (χ0n) is 17.6. The van der Waals surface area contributed by atoms with Crippen molar-refractivity contribution >= 4 is 33.2 Å². The highest BCUT2D eigenvalue weighted by Crippen LogP contribution is 2.32. The van der Waals surface area contributed by atoms with Gasteiger partial charge in [-0.2, -0.15) is 10.2 Å². The monoisotopic (exact) mass is 464 g/mol. The van der Waals surface area contributed by atoms with E-state index in [-0.39, 0.29) is 32.5 Å². The van der Waals surface area contributed by atoms with Crippen molar-refractivity contribution in [1.29, 1.82) is 0 Å². The average molecular weight is 465 g/mol. The van der Waals surface area contributed by atoms with Crippen LogP contribution < -0.4 is 4.74 Å². The van der Waals surface area contributed by atoms with E-state index >= 15 is 0 Å². The molecule has 3 aromatic rings. The van der Waals surface area contributed by atoms with Gasteiger partial charge in [-0.25, -0.2) is 17.9 Å². The number of hydrogen-bond acceptors (Lipinski definition) is 7. The summed E-state index contributed by atoms with van der Waals surface area (Å²) in [6, 6.07) is 2.71. The summed E-state index contributed by atoms with van der Waals surface area (Å²) in [6.45, 7) is 3.42. The van der Waals surface area contributed by atoms with E-state index in [4.69, 9.17) is 16.3 Å². The quantitative estimate of drug-likeness (QED) is 0.406. The number of halogens is 1. The molecule has 0 spiro atoms. The molecule has 0 aliphatic carbocycles. The van der Waals surface area contributed by atoms with Gasteiger partial charge in [0.2, 0.25) is 11.7 Å². The first kappa shape index (κ1) is 22.7. The highest BCUT2D eigenvalue weighted by Gasteiger charge is 2.27. The molecule has 0 saturated heterocycles. The molecule has 1 aromatic carbocycles. The number of hydrogen-bond donors (Lipinski definition) is 0. The van der Waals surface area contributed by atoms with Gasteiger partial charge in [-0.05, 0) is 31.0 Å². The van der Waals surface area contributed by atoms with Gasteiger partial charge in [0.25, 0.3) is 0 Å². The molecule has 0 atom stereocenters. The molecule has 9 nitrogen and oxygen atoms in total. The van der Waals surface area contributed by atoms with E-state index in [1.807, 2.05) is 0 Å². The molecule has 0 aliphatic heterocycles. The molecule has 2 aromatic heterocycles. The lowest BCUT2D eigenvalue weighted by atomic mass is 10.0. The van der Waals surface area contributed by atoms with Crippen molar-refractivity contribution in [2.24, 2.45) is 14.1 Å². The summed E-state index contributed by atoms with van der Waals surface area (Å²) < 4.78 is 32.3. The maximum atomic E-state index is 13.2. The lowest BCUT2D eigenvalue weighted by Crippen LogP contribution is -2.15. The summed E-state index contributed by atoms with van der Waals surface area (Å²) >= 11 is 6.42. The van der Waals surface area contributed by atoms with Crippen molar-refractivity contribution in [3.8, 4) is 5.88 Å². The zero-order chi connectivity index (χ0) is 23.1. The predicted molar refractivity (Wildman–Crippen MR) is 113 cm³/mol. The number of carbonyl (C=O) groups excluding carboxylic acids is 2. The molecule has 164 valence electrons. The maximum absolute atomic E-state index is 13.2. The van der Waals surface area contributed by atoms with Gasteiger partial charge in [0.05, 0.1) is 21.8 Å². The molecular weight excluding hydrogens is 444 g/mol. The summed E-state index contributed by atoms with van der Waals surface area (Å²) in [5, 5.41) is 8.17. The Morgan fingerprint density at radius 1 is 1.16 bits per heavy atom. The van der Waals surface area contributed by atoms with Crippen molar-refractivity contribution < 1.29 is 22.7 Å². The standard InChI is InChI=1S/C20H21ClN4O5S/c1-6-12-16(31(5,28)29)8-7-13(17(12)21)18(26)14-9-22-25(4)19(14)30-20(27)15-10-24(3)23-11(15)2/h7-10H,6H2,1-5H3. The summed E-state index contributed by atoms with van der Waals surface area (Å²) in [5.41, 5.74) is 1.20. The van der Waals surface area contributed by atoms with E-state index in [9.17, 15) is 18.0 Å². The fourth-order valence-electron chi connectivity index (χ4n) is 3.25. The first-order chi connectivity index (χ1) is 14.5. The number of ketones is 1. The Bertz CT molecular complexity index is 1310. The number of aryl methyl sites for hydroxylation is 3. The van der Waals surface area contributed by atoms with Crippen LogP contribution >= 0.6 is 11.6 Å². The second-order valence-electron chi connectivity index (χ2n) is 7.04. The van der Waals surface area contributed by atoms with Crippen LogP contribution in [0.3, 0.4) is 0 Å². The van der Waals surface area contributed by atoms with Crippen LogP contribution in [0.25, 0.3) is 0 Å². The van der Waals surface area contributed by atoms with Crippen LogP contribution in [0.1, 0.15) is 44.5 Å². The van der Waals surface area contributed by atoms with Gasteiger partial charge in [-0.15, -0.1) is 0 Å². The molecule has 0 radical (unpaired) electrons. The number of aromatic nitrogens is 4. The molecular formula is C20H21ClN4O5S. The van der Waals surface area contributed by atoms with Gasteiger partial charge in [-0.3, -0.25) is 9.48 Å². The van der Waals surface area contributed by atoms with Crippen molar-refractivity contribution in [2.75, 3.05) is 6.26 Å². The Hall–Kier alpha value is -2.98. The predicted octanol–water partition coefficient (Wildman–Crippen LogP) is 2.53. The van der Waals surface area contributed by atoms with E-state index in [0.29, 0.717) is 17.7 Å². The second kappa shape index (κ2) is 8.27. The highest BCUT2D eigenvalue weighted by molar-refractivity contribution is 7.90. The Morgan fingerprint density at radius 2 is 1.84 bits per heavy atom. The minimum Gasteiger partial charge on any atom is -0.403 e. The molecule has 0 amide bonds. The van der Waals surface area contributed by atoms with E-state index < -0.39 is 21.6 Å². The topological polar surface area (TPSA) is 113 Å². The molecule has 0 saturated carbocycles. The van der Waals surface area contributed by atoms with Gasteiger partial charge in [-0.1, -0.05) is 18.5 Å². The summed E-state index contributed by atoms with van der Waals surface area (Å²) in [6.07, 6.45) is 4.19. The SMILES string of the molecule is CCc1c(S(C)(=O)=O)ccc(C(=O)c2cnn(C)c2OC(=O)c2cn(C)nc2C)c1Cl. The number of nitrogens with zero attached hydrogens (tertiary/aromatic N) is 4. The molecule has 11 heteroatoms. The van der Waals surface area contributed by atoms with Crippen LogP contribution in [0.4, 0.5) is 0 Å². The Balaban J connectivity index is 2.03. The molecule has 31 heavy (non-hydrogen) atoms. The maximum Gasteiger partial charge on any atom is 0.348 e. The number of carbonyl (C=O) groups is 2. The van der Waals surface area contributed by atoms with Gasteiger partial charge in [0.1, 0.15) is 11.1 Å². The van der Waals surface area contributed by atoms with Crippen LogP contribution in [0.5, 0.6) is 5.88 Å². The van der Waals surface area contributed by atoms with Crippen LogP contribution in [0.2, 0.25) is 5.02 Å². The number of sulfone groups is 1. The minimum absolute atomic E-state index is 0.0217. The van der Waals surface area contributed by atoms with Gasteiger partial charge >= 0.3 is 5.97 Å². The molecule has 0 aliphatic rings. The first-order valence-electron chi connectivity index (χ1n) is 9.26. The Morgan fingerprint density at radius 3 is 2.39 bits per heavy atom. The van der Waals surface area contributed by atoms with Crippen molar-refractivity contribution in [3.05, 3.63) is 57.5 Å². The lowest BCUT2D eigenvalue weighted by molar-refractivity contribution is 0.0717. The molecule has 0 N–H and O–H groups in total. The second-order valence-corrected chi connectivity index (χ2v) is 9.40. The Kier molecular flexibility index (Phi) is 6.06. The first-order valence-corrected chi connectivity index (χ1v) is 11.5. The summed E-state index contributed by atoms with van der Waals surface area (Å²) in [7, 11) is -0.311. The number of rotatable bonds is 6. The third-order valence-corrected chi connectivity index (χ3v) is 6.36. The molecule has 0 bridgehead atoms. The third-order valence-electron chi connectivity index (χ3n) is 4.75. The number of esters is 1. The largest absolute Gasteiger partial charge is 0.403 e. The summed E-state index contributed by atoms with van der Waals surface area (Å²) in [4.78, 5) is 25.9. The van der Waals surface area contributed by atoms with E-state index in [2.05, 4.69) is 10.2 Å².